The molecule has 2 aromatic heterocycles. The highest BCUT2D eigenvalue weighted by Gasteiger charge is 2.46. The zero-order valence-corrected chi connectivity index (χ0v) is 17.9. The Morgan fingerprint density at radius 3 is 2.81 bits per heavy atom. The molecule has 2 aliphatic heterocycles. The van der Waals surface area contributed by atoms with Crippen LogP contribution in [0.5, 0.6) is 0 Å². The van der Waals surface area contributed by atoms with Crippen molar-refractivity contribution in [2.75, 3.05) is 31.2 Å². The number of piperidine rings is 1. The molecule has 4 heterocycles. The van der Waals surface area contributed by atoms with Crippen LogP contribution in [0.25, 0.3) is 16.7 Å². The lowest BCUT2D eigenvalue weighted by molar-refractivity contribution is 0.161. The molecule has 1 spiro atoms. The van der Waals surface area contributed by atoms with Crippen molar-refractivity contribution in [2.45, 2.75) is 38.6 Å². The van der Waals surface area contributed by atoms with Crippen molar-refractivity contribution < 1.29 is 4.74 Å². The zero-order chi connectivity index (χ0) is 21.0. The predicted octanol–water partition coefficient (Wildman–Crippen LogP) is 3.31. The van der Waals surface area contributed by atoms with E-state index >= 15 is 0 Å². The van der Waals surface area contributed by atoms with E-state index in [1.54, 1.807) is 0 Å². The van der Waals surface area contributed by atoms with Crippen molar-refractivity contribution in [3.8, 4) is 0 Å². The highest BCUT2D eigenvalue weighted by atomic mass is 16.5. The van der Waals surface area contributed by atoms with E-state index in [1.165, 1.54) is 16.7 Å². The lowest BCUT2D eigenvalue weighted by atomic mass is 9.73. The standard InChI is InChI=1S/C24H28N6O/c1-15-23(27-22-20(26-15)19(28-29-22)16-6-12-31-13-7-16)30-10-8-24(9-11-30)14-17-4-2-3-5-18(17)21(24)25/h2-6,21H,7-14,25H2,1H3,(H,27,28,29)/t21-/m1/s1. The molecular weight excluding hydrogens is 388 g/mol. The average molecular weight is 417 g/mol. The molecule has 31 heavy (non-hydrogen) atoms. The molecule has 7 heteroatoms. The fourth-order valence-electron chi connectivity index (χ4n) is 5.66. The van der Waals surface area contributed by atoms with Crippen LogP contribution in [0.1, 0.15) is 47.8 Å². The van der Waals surface area contributed by atoms with Gasteiger partial charge in [-0.15, -0.1) is 0 Å². The van der Waals surface area contributed by atoms with Gasteiger partial charge in [-0.05, 0) is 54.7 Å². The van der Waals surface area contributed by atoms with E-state index in [0.717, 1.165) is 68.1 Å². The van der Waals surface area contributed by atoms with Crippen LogP contribution < -0.4 is 10.6 Å². The normalized spacial score (nSPS) is 22.7. The van der Waals surface area contributed by atoms with Crippen LogP contribution in [-0.2, 0) is 11.2 Å². The summed E-state index contributed by atoms with van der Waals surface area (Å²) < 4.78 is 5.44. The summed E-state index contributed by atoms with van der Waals surface area (Å²) >= 11 is 0. The third kappa shape index (κ3) is 2.98. The Labute approximate surface area is 181 Å². The van der Waals surface area contributed by atoms with Gasteiger partial charge in [0.15, 0.2) is 5.82 Å². The van der Waals surface area contributed by atoms with Crippen LogP contribution in [-0.4, -0.2) is 46.5 Å². The third-order valence-corrected chi connectivity index (χ3v) is 7.47. The number of H-pyrrole nitrogens is 1. The Morgan fingerprint density at radius 1 is 1.19 bits per heavy atom. The maximum absolute atomic E-state index is 6.74. The molecule has 3 aliphatic rings. The quantitative estimate of drug-likeness (QED) is 0.666. The predicted molar refractivity (Wildman–Crippen MR) is 121 cm³/mol. The lowest BCUT2D eigenvalue weighted by Crippen LogP contribution is -2.44. The molecule has 0 amide bonds. The molecule has 1 saturated heterocycles. The summed E-state index contributed by atoms with van der Waals surface area (Å²) in [4.78, 5) is 12.2. The lowest BCUT2D eigenvalue weighted by Gasteiger charge is -2.42. The van der Waals surface area contributed by atoms with Gasteiger partial charge in [-0.3, -0.25) is 5.10 Å². The van der Waals surface area contributed by atoms with Gasteiger partial charge in [-0.1, -0.05) is 30.3 Å². The molecule has 6 rings (SSSR count). The van der Waals surface area contributed by atoms with Crippen LogP contribution in [0, 0.1) is 12.3 Å². The van der Waals surface area contributed by atoms with E-state index in [1.807, 2.05) is 0 Å². The molecule has 160 valence electrons. The van der Waals surface area contributed by atoms with Crippen LogP contribution >= 0.6 is 0 Å². The van der Waals surface area contributed by atoms with E-state index < -0.39 is 0 Å². The van der Waals surface area contributed by atoms with Gasteiger partial charge in [0, 0.05) is 19.1 Å². The maximum atomic E-state index is 6.74. The number of aromatic nitrogens is 4. The van der Waals surface area contributed by atoms with E-state index in [0.29, 0.717) is 12.3 Å². The summed E-state index contributed by atoms with van der Waals surface area (Å²) in [5.41, 5.74) is 14.4. The third-order valence-electron chi connectivity index (χ3n) is 7.47. The Kier molecular flexibility index (Phi) is 4.36. The van der Waals surface area contributed by atoms with Gasteiger partial charge >= 0.3 is 0 Å². The molecule has 0 bridgehead atoms. The molecule has 0 radical (unpaired) electrons. The Balaban J connectivity index is 1.25. The molecule has 3 N–H and O–H groups in total. The van der Waals surface area contributed by atoms with Crippen molar-refractivity contribution in [3.05, 3.63) is 52.9 Å². The number of anilines is 1. The van der Waals surface area contributed by atoms with Gasteiger partial charge in [0.1, 0.15) is 5.52 Å². The largest absolute Gasteiger partial charge is 0.377 e. The molecule has 1 atom stereocenters. The van der Waals surface area contributed by atoms with Crippen molar-refractivity contribution in [3.63, 3.8) is 0 Å². The van der Waals surface area contributed by atoms with Gasteiger partial charge < -0.3 is 15.4 Å². The second-order valence-electron chi connectivity index (χ2n) is 9.16. The number of hydrogen-bond donors (Lipinski definition) is 2. The molecule has 1 aliphatic carbocycles. The smallest absolute Gasteiger partial charge is 0.202 e. The molecule has 1 aromatic carbocycles. The summed E-state index contributed by atoms with van der Waals surface area (Å²) in [6.45, 7) is 5.32. The van der Waals surface area contributed by atoms with Crippen LogP contribution in [0.15, 0.2) is 30.3 Å². The van der Waals surface area contributed by atoms with Gasteiger partial charge in [-0.25, -0.2) is 9.97 Å². The van der Waals surface area contributed by atoms with Gasteiger partial charge in [0.25, 0.3) is 0 Å². The Bertz CT molecular complexity index is 1170. The molecule has 1 fully saturated rings. The minimum atomic E-state index is 0.127. The summed E-state index contributed by atoms with van der Waals surface area (Å²) in [5.74, 6) is 0.949. The van der Waals surface area contributed by atoms with Crippen LogP contribution in [0.4, 0.5) is 5.82 Å². The molecule has 0 saturated carbocycles. The van der Waals surface area contributed by atoms with Crippen molar-refractivity contribution in [1.82, 2.24) is 20.2 Å². The van der Waals surface area contributed by atoms with Gasteiger partial charge in [0.2, 0.25) is 5.65 Å². The van der Waals surface area contributed by atoms with Gasteiger partial charge in [0.05, 0.1) is 24.6 Å². The summed E-state index contributed by atoms with van der Waals surface area (Å²) in [6.07, 6.45) is 6.20. The SMILES string of the molecule is Cc1nc2c(C3=CCOCC3)[nH]nc2nc1N1CCC2(CC1)Cc1ccccc1[C@H]2N. The Hall–Kier alpha value is -2.77. The van der Waals surface area contributed by atoms with E-state index in [2.05, 4.69) is 52.4 Å². The fourth-order valence-corrected chi connectivity index (χ4v) is 5.66. The Morgan fingerprint density at radius 2 is 2.03 bits per heavy atom. The minimum Gasteiger partial charge on any atom is -0.377 e. The summed E-state index contributed by atoms with van der Waals surface area (Å²) in [7, 11) is 0. The molecule has 0 unspecified atom stereocenters. The first-order chi connectivity index (χ1) is 15.1. The van der Waals surface area contributed by atoms with Crippen molar-refractivity contribution in [1.29, 1.82) is 0 Å². The zero-order valence-electron chi connectivity index (χ0n) is 17.9. The number of aromatic amines is 1. The fraction of sp³-hybridized carbons (Fsp3) is 0.458. The number of benzene rings is 1. The maximum Gasteiger partial charge on any atom is 0.202 e. The highest BCUT2D eigenvalue weighted by Crippen LogP contribution is 2.51. The molecular formula is C24H28N6O. The minimum absolute atomic E-state index is 0.127. The topological polar surface area (TPSA) is 92.9 Å². The average Bonchev–Trinajstić information content (AvgIpc) is 3.33. The monoisotopic (exact) mass is 416 g/mol. The number of hydrogen-bond acceptors (Lipinski definition) is 6. The summed E-state index contributed by atoms with van der Waals surface area (Å²) in [5, 5.41) is 7.64. The van der Waals surface area contributed by atoms with Gasteiger partial charge in [-0.2, -0.15) is 5.10 Å². The van der Waals surface area contributed by atoms with E-state index in [-0.39, 0.29) is 11.5 Å². The summed E-state index contributed by atoms with van der Waals surface area (Å²) in [6, 6.07) is 8.80. The number of nitrogens with zero attached hydrogens (tertiary/aromatic N) is 4. The number of ether oxygens (including phenoxy) is 1. The first-order valence-corrected chi connectivity index (χ1v) is 11.2. The van der Waals surface area contributed by atoms with E-state index in [9.17, 15) is 0 Å². The van der Waals surface area contributed by atoms with Crippen LogP contribution in [0.3, 0.4) is 0 Å². The highest BCUT2D eigenvalue weighted by molar-refractivity contribution is 5.86. The van der Waals surface area contributed by atoms with Crippen molar-refractivity contribution in [2.24, 2.45) is 11.1 Å². The van der Waals surface area contributed by atoms with Crippen LogP contribution in [0.2, 0.25) is 0 Å². The number of rotatable bonds is 2. The number of nitrogens with one attached hydrogen (secondary N) is 1. The first-order valence-electron chi connectivity index (χ1n) is 11.2. The molecule has 7 nitrogen and oxygen atoms in total. The number of aryl methyl sites for hydroxylation is 1. The first kappa shape index (κ1) is 19.0. The second kappa shape index (κ2) is 7.14. The van der Waals surface area contributed by atoms with E-state index in [4.69, 9.17) is 20.4 Å². The number of nitrogens with two attached hydrogens (primary N) is 1. The number of fused-ring (bicyclic) bond motifs is 2. The van der Waals surface area contributed by atoms with Crippen molar-refractivity contribution >= 4 is 22.6 Å². The molecule has 3 aromatic rings. The second-order valence-corrected chi connectivity index (χ2v) is 9.16.